The minimum absolute atomic E-state index is 0.0108. The van der Waals surface area contributed by atoms with E-state index < -0.39 is 18.2 Å². The molecule has 2 unspecified atom stereocenters. The minimum Gasteiger partial charge on any atom is -0.350 e. The summed E-state index contributed by atoms with van der Waals surface area (Å²) in [6.45, 7) is 19.5. The number of carbonyl (C=O) groups excluding carboxylic acids is 1. The Morgan fingerprint density at radius 1 is 0.700 bits per heavy atom. The summed E-state index contributed by atoms with van der Waals surface area (Å²) in [5, 5.41) is 2.81. The molecule has 0 aliphatic carbocycles. The predicted molar refractivity (Wildman–Crippen MR) is 200 cm³/mol. The summed E-state index contributed by atoms with van der Waals surface area (Å²) >= 11 is 0. The van der Waals surface area contributed by atoms with Gasteiger partial charge in [-0.3, -0.25) is 4.79 Å². The van der Waals surface area contributed by atoms with Crippen molar-refractivity contribution in [2.75, 3.05) is 6.61 Å². The summed E-state index contributed by atoms with van der Waals surface area (Å²) in [7, 11) is 0. The maximum atomic E-state index is 12.5. The molecule has 5 heteroatoms. The van der Waals surface area contributed by atoms with Crippen LogP contribution in [0.25, 0.3) is 0 Å². The Balaban J connectivity index is 2.70. The fourth-order valence-corrected chi connectivity index (χ4v) is 4.19. The van der Waals surface area contributed by atoms with E-state index in [4.69, 9.17) is 15.2 Å². The van der Waals surface area contributed by atoms with Crippen LogP contribution < -0.4 is 11.1 Å². The second-order valence-corrected chi connectivity index (χ2v) is 9.62. The predicted octanol–water partition coefficient (Wildman–Crippen LogP) is 2.99. The van der Waals surface area contributed by atoms with Gasteiger partial charge in [0.05, 0.1) is 18.8 Å². The summed E-state index contributed by atoms with van der Waals surface area (Å²) in [4.78, 5) is 12.5. The molecule has 1 heterocycles. The van der Waals surface area contributed by atoms with Crippen LogP contribution >= 0.6 is 0 Å². The Labute approximate surface area is 298 Å². The van der Waals surface area contributed by atoms with E-state index in [0.717, 1.165) is 0 Å². The van der Waals surface area contributed by atoms with Crippen molar-refractivity contribution in [2.24, 2.45) is 23.5 Å². The van der Waals surface area contributed by atoms with Crippen LogP contribution in [0.15, 0.2) is 50.6 Å². The lowest BCUT2D eigenvalue weighted by Crippen LogP contribution is -2.52. The third-order valence-electron chi connectivity index (χ3n) is 6.52. The van der Waals surface area contributed by atoms with Crippen molar-refractivity contribution in [3.8, 4) is 142 Å². The molecule has 3 N–H and O–H groups in total. The SMILES string of the molecule is C=CCC1O[C@H](OC[C@H](NC(=O)C#CC#CC#CC#CC#CC#CC#CC#CC#CC#CC#CC#CC)[C@H](N)CC)C(C=C)[C@@H](C=C)[C@H]1C=C. The van der Waals surface area contributed by atoms with E-state index in [-0.39, 0.29) is 36.5 Å². The molecule has 1 fully saturated rings. The first-order valence-electron chi connectivity index (χ1n) is 15.2. The molecule has 0 saturated carbocycles. The van der Waals surface area contributed by atoms with E-state index in [1.54, 1.807) is 19.1 Å². The zero-order valence-corrected chi connectivity index (χ0v) is 28.1. The second kappa shape index (κ2) is 27.2. The van der Waals surface area contributed by atoms with Crippen LogP contribution in [-0.4, -0.2) is 37.0 Å². The number of hydrogen-bond donors (Lipinski definition) is 2. The molecule has 5 nitrogen and oxygen atoms in total. The Bertz CT molecular complexity index is 2070. The minimum atomic E-state index is -0.617. The van der Waals surface area contributed by atoms with E-state index in [2.05, 4.69) is 174 Å². The number of hydrogen-bond acceptors (Lipinski definition) is 4. The van der Waals surface area contributed by atoms with E-state index in [1.807, 2.05) is 19.1 Å². The number of carbonyl (C=O) groups is 1. The van der Waals surface area contributed by atoms with E-state index in [1.165, 1.54) is 0 Å². The van der Waals surface area contributed by atoms with Gasteiger partial charge in [-0.15, -0.1) is 26.3 Å². The van der Waals surface area contributed by atoms with Gasteiger partial charge >= 0.3 is 0 Å². The first-order valence-corrected chi connectivity index (χ1v) is 15.2. The molecule has 242 valence electrons. The molecular formula is C45H34N2O3. The second-order valence-electron chi connectivity index (χ2n) is 9.62. The largest absolute Gasteiger partial charge is 0.350 e. The zero-order valence-electron chi connectivity index (χ0n) is 28.1. The Kier molecular flexibility index (Phi) is 22.3. The van der Waals surface area contributed by atoms with Gasteiger partial charge in [0.1, 0.15) is 0 Å². The van der Waals surface area contributed by atoms with Crippen molar-refractivity contribution >= 4 is 5.91 Å². The maximum absolute atomic E-state index is 12.5. The highest BCUT2D eigenvalue weighted by Gasteiger charge is 2.42. The van der Waals surface area contributed by atoms with Gasteiger partial charge in [-0.25, -0.2) is 0 Å². The highest BCUT2D eigenvalue weighted by molar-refractivity contribution is 5.94. The number of rotatable bonds is 11. The van der Waals surface area contributed by atoms with Gasteiger partial charge in [0.2, 0.25) is 0 Å². The molecule has 1 aliphatic rings. The van der Waals surface area contributed by atoms with E-state index in [9.17, 15) is 4.79 Å². The fourth-order valence-electron chi connectivity index (χ4n) is 4.19. The van der Waals surface area contributed by atoms with Gasteiger partial charge in [0.15, 0.2) is 6.29 Å². The van der Waals surface area contributed by atoms with Crippen molar-refractivity contribution in [1.29, 1.82) is 0 Å². The average Bonchev–Trinajstić information content (AvgIpc) is 3.12. The summed E-state index contributed by atoms with van der Waals surface area (Å²) < 4.78 is 12.5. The molecule has 0 spiro atoms. The highest BCUT2D eigenvalue weighted by Crippen LogP contribution is 2.39. The normalized spacial score (nSPS) is 17.9. The first-order chi connectivity index (χ1) is 24.5. The molecule has 0 radical (unpaired) electrons. The molecular weight excluding hydrogens is 617 g/mol. The lowest BCUT2D eigenvalue weighted by Gasteiger charge is -2.44. The molecule has 0 aromatic carbocycles. The van der Waals surface area contributed by atoms with E-state index in [0.29, 0.717) is 12.8 Å². The summed E-state index contributed by atoms with van der Waals surface area (Å²) in [5.74, 6) is 59.6. The van der Waals surface area contributed by atoms with Gasteiger partial charge in [0, 0.05) is 59.3 Å². The Hall–Kier alpha value is -6.97. The van der Waals surface area contributed by atoms with Gasteiger partial charge in [0.25, 0.3) is 5.91 Å². The smallest absolute Gasteiger partial charge is 0.297 e. The molecule has 50 heavy (non-hydrogen) atoms. The molecule has 0 aromatic heterocycles. The van der Waals surface area contributed by atoms with Gasteiger partial charge in [-0.1, -0.05) is 37.1 Å². The van der Waals surface area contributed by atoms with Crippen molar-refractivity contribution in [3.05, 3.63) is 50.6 Å². The topological polar surface area (TPSA) is 73.6 Å². The maximum Gasteiger partial charge on any atom is 0.297 e. The standard InChI is InChI=1S/C45H34N2O3/c1-7-13-14-15-16-17-18-19-20-21-22-23-24-25-26-27-28-29-30-31-32-33-34-36-44(48)47-42(41(46)12-6)37-49-45-40(11-5)38(9-3)39(10-4)43(50-45)35-8-2/h8-11,38-43,45H,2-5,12,35,37,46H2,1,6H3,(H,47,48)/t38-,39+,40?,41+,42-,43?,45-/m0/s1. The van der Waals surface area contributed by atoms with Gasteiger partial charge < -0.3 is 20.5 Å². The van der Waals surface area contributed by atoms with Crippen molar-refractivity contribution in [3.63, 3.8) is 0 Å². The number of ether oxygens (including phenoxy) is 2. The quantitative estimate of drug-likeness (QED) is 0.267. The molecule has 1 amide bonds. The molecule has 1 saturated heterocycles. The van der Waals surface area contributed by atoms with Crippen LogP contribution in [0, 0.1) is 160 Å². The van der Waals surface area contributed by atoms with Crippen LogP contribution in [-0.2, 0) is 14.3 Å². The molecule has 7 atom stereocenters. The number of amides is 1. The monoisotopic (exact) mass is 650 g/mol. The highest BCUT2D eigenvalue weighted by atomic mass is 16.7. The van der Waals surface area contributed by atoms with Crippen LogP contribution in [0.4, 0.5) is 0 Å². The summed E-state index contributed by atoms with van der Waals surface area (Å²) in [5.41, 5.74) is 6.29. The van der Waals surface area contributed by atoms with E-state index >= 15 is 0 Å². The molecule has 1 rings (SSSR count). The van der Waals surface area contributed by atoms with Crippen molar-refractivity contribution in [2.45, 2.75) is 51.2 Å². The average molecular weight is 651 g/mol. The fraction of sp³-hybridized carbons (Fsp3) is 0.267. The van der Waals surface area contributed by atoms with Crippen LogP contribution in [0.2, 0.25) is 0 Å². The van der Waals surface area contributed by atoms with Crippen LogP contribution in [0.5, 0.6) is 0 Å². The van der Waals surface area contributed by atoms with Crippen molar-refractivity contribution < 1.29 is 14.3 Å². The first kappa shape index (κ1) is 41.1. The molecule has 0 aromatic rings. The number of nitrogens with two attached hydrogens (primary N) is 1. The summed E-state index contributed by atoms with van der Waals surface area (Å²) in [6, 6.07) is -0.904. The van der Waals surface area contributed by atoms with Crippen molar-refractivity contribution in [1.82, 2.24) is 5.32 Å². The van der Waals surface area contributed by atoms with Gasteiger partial charge in [-0.05, 0) is 120 Å². The van der Waals surface area contributed by atoms with Crippen LogP contribution in [0.1, 0.15) is 26.7 Å². The van der Waals surface area contributed by atoms with Crippen LogP contribution in [0.3, 0.4) is 0 Å². The lowest BCUT2D eigenvalue weighted by molar-refractivity contribution is -0.235. The molecule has 1 aliphatic heterocycles. The summed E-state index contributed by atoms with van der Waals surface area (Å²) in [6.07, 6.45) is 7.76. The Morgan fingerprint density at radius 2 is 1.12 bits per heavy atom. The number of nitrogens with one attached hydrogen (secondary N) is 1. The lowest BCUT2D eigenvalue weighted by atomic mass is 9.75. The molecule has 0 bridgehead atoms. The number of allylic oxidation sites excluding steroid dienone is 1. The third-order valence-corrected chi connectivity index (χ3v) is 6.52. The Morgan fingerprint density at radius 3 is 1.50 bits per heavy atom. The third kappa shape index (κ3) is 17.1. The van der Waals surface area contributed by atoms with Gasteiger partial charge in [-0.2, -0.15) is 0 Å². The zero-order chi connectivity index (χ0) is 36.7.